The summed E-state index contributed by atoms with van der Waals surface area (Å²) >= 11 is 5.92. The number of hydrogen-bond donors (Lipinski definition) is 2. The van der Waals surface area contributed by atoms with E-state index in [4.69, 9.17) is 21.2 Å². The number of unbranched alkanes of at least 4 members (excludes halogenated alkanes) is 1. The van der Waals surface area contributed by atoms with Gasteiger partial charge >= 0.3 is 0 Å². The molecule has 0 bridgehead atoms. The maximum Gasteiger partial charge on any atom is 0.243 e. The van der Waals surface area contributed by atoms with E-state index >= 15 is 0 Å². The monoisotopic (exact) mass is 405 g/mol. The molecule has 5 nitrogen and oxygen atoms in total. The molecule has 2 aromatic rings. The SMILES string of the molecule is COC(C)(C)ONC(=O)CCCCC(O)c1ccc(-c2ccc(Cl)cc2)cc1. The fraction of sp³-hybridized carbons (Fsp3) is 0.409. The number of carbonyl (C=O) groups excluding carboxylic acids is 1. The number of ether oxygens (including phenoxy) is 1. The molecule has 0 aliphatic rings. The fourth-order valence-electron chi connectivity index (χ4n) is 2.60. The number of carbonyl (C=O) groups is 1. The number of aliphatic hydroxyl groups is 1. The first-order valence-corrected chi connectivity index (χ1v) is 9.74. The van der Waals surface area contributed by atoms with E-state index in [1.165, 1.54) is 7.11 Å². The molecule has 28 heavy (non-hydrogen) atoms. The van der Waals surface area contributed by atoms with Gasteiger partial charge in [0.15, 0.2) is 5.79 Å². The van der Waals surface area contributed by atoms with Gasteiger partial charge in [0.25, 0.3) is 0 Å². The highest BCUT2D eigenvalue weighted by Crippen LogP contribution is 2.25. The number of benzene rings is 2. The number of nitrogens with one attached hydrogen (secondary N) is 1. The summed E-state index contributed by atoms with van der Waals surface area (Å²) in [5, 5.41) is 11.1. The van der Waals surface area contributed by atoms with Crippen LogP contribution in [0, 0.1) is 0 Å². The Hall–Kier alpha value is -1.92. The van der Waals surface area contributed by atoms with Crippen LogP contribution in [0.15, 0.2) is 48.5 Å². The minimum absolute atomic E-state index is 0.202. The van der Waals surface area contributed by atoms with Crippen molar-refractivity contribution in [1.29, 1.82) is 0 Å². The lowest BCUT2D eigenvalue weighted by molar-refractivity contribution is -0.231. The molecule has 152 valence electrons. The summed E-state index contributed by atoms with van der Waals surface area (Å²) < 4.78 is 5.06. The van der Waals surface area contributed by atoms with Crippen LogP contribution in [0.1, 0.15) is 51.2 Å². The van der Waals surface area contributed by atoms with E-state index in [0.29, 0.717) is 24.3 Å². The molecule has 0 aromatic heterocycles. The summed E-state index contributed by atoms with van der Waals surface area (Å²) in [5.74, 6) is -1.06. The van der Waals surface area contributed by atoms with Crippen molar-refractivity contribution in [2.45, 2.75) is 51.4 Å². The second-order valence-electron chi connectivity index (χ2n) is 7.12. The molecule has 1 unspecified atom stereocenters. The number of methoxy groups -OCH3 is 1. The highest BCUT2D eigenvalue weighted by molar-refractivity contribution is 6.30. The van der Waals surface area contributed by atoms with Gasteiger partial charge < -0.3 is 9.84 Å². The van der Waals surface area contributed by atoms with Crippen LogP contribution in [0.25, 0.3) is 11.1 Å². The lowest BCUT2D eigenvalue weighted by atomic mass is 9.99. The van der Waals surface area contributed by atoms with E-state index in [0.717, 1.165) is 23.1 Å². The van der Waals surface area contributed by atoms with Gasteiger partial charge in [0, 0.05) is 18.6 Å². The van der Waals surface area contributed by atoms with Crippen molar-refractivity contribution in [1.82, 2.24) is 5.48 Å². The van der Waals surface area contributed by atoms with Crippen molar-refractivity contribution in [3.63, 3.8) is 0 Å². The summed E-state index contributed by atoms with van der Waals surface area (Å²) in [4.78, 5) is 16.9. The molecule has 0 heterocycles. The van der Waals surface area contributed by atoms with Crippen molar-refractivity contribution in [2.75, 3.05) is 7.11 Å². The van der Waals surface area contributed by atoms with Crippen molar-refractivity contribution in [3.8, 4) is 11.1 Å². The Morgan fingerprint density at radius 2 is 1.64 bits per heavy atom. The minimum atomic E-state index is -0.857. The average molecular weight is 406 g/mol. The van der Waals surface area contributed by atoms with Gasteiger partial charge in [-0.1, -0.05) is 54.4 Å². The smallest absolute Gasteiger partial charge is 0.243 e. The maximum absolute atomic E-state index is 11.8. The molecule has 2 rings (SSSR count). The lowest BCUT2D eigenvalue weighted by Crippen LogP contribution is -2.37. The minimum Gasteiger partial charge on any atom is -0.388 e. The van der Waals surface area contributed by atoms with Crippen molar-refractivity contribution < 1.29 is 19.5 Å². The third-order valence-corrected chi connectivity index (χ3v) is 4.76. The normalized spacial score (nSPS) is 12.6. The van der Waals surface area contributed by atoms with Crippen molar-refractivity contribution in [2.24, 2.45) is 0 Å². The molecule has 0 fully saturated rings. The Morgan fingerprint density at radius 3 is 2.21 bits per heavy atom. The van der Waals surface area contributed by atoms with Crippen LogP contribution in [0.5, 0.6) is 0 Å². The molecule has 0 aliphatic carbocycles. The predicted molar refractivity (Wildman–Crippen MR) is 111 cm³/mol. The van der Waals surface area contributed by atoms with Crippen LogP contribution in [0.2, 0.25) is 5.02 Å². The Bertz CT molecular complexity index is 744. The molecule has 0 aliphatic heterocycles. The summed E-state index contributed by atoms with van der Waals surface area (Å²) in [5.41, 5.74) is 5.40. The Morgan fingerprint density at radius 1 is 1.07 bits per heavy atom. The standard InChI is InChI=1S/C22H28ClNO4/c1-22(2,27-3)28-24-21(26)7-5-4-6-20(25)18-10-8-16(9-11-18)17-12-14-19(23)15-13-17/h8-15,20,25H,4-7H2,1-3H3,(H,24,26). The lowest BCUT2D eigenvalue weighted by Gasteiger charge is -2.22. The predicted octanol–water partition coefficient (Wildman–Crippen LogP) is 5.03. The number of rotatable bonds is 10. The first kappa shape index (κ1) is 22.4. The quantitative estimate of drug-likeness (QED) is 0.330. The van der Waals surface area contributed by atoms with Gasteiger partial charge in [-0.25, -0.2) is 10.3 Å². The van der Waals surface area contributed by atoms with E-state index in [1.807, 2.05) is 48.5 Å². The number of halogens is 1. The molecule has 0 spiro atoms. The topological polar surface area (TPSA) is 67.8 Å². The molecular weight excluding hydrogens is 378 g/mol. The van der Waals surface area contributed by atoms with Gasteiger partial charge in [0.05, 0.1) is 6.10 Å². The first-order chi connectivity index (χ1) is 13.3. The van der Waals surface area contributed by atoms with E-state index in [1.54, 1.807) is 13.8 Å². The summed E-state index contributed by atoms with van der Waals surface area (Å²) in [6, 6.07) is 15.5. The molecular formula is C22H28ClNO4. The highest BCUT2D eigenvalue weighted by atomic mass is 35.5. The Balaban J connectivity index is 1.73. The molecule has 1 atom stereocenters. The number of hydroxylamine groups is 1. The average Bonchev–Trinajstić information content (AvgIpc) is 2.70. The zero-order valence-electron chi connectivity index (χ0n) is 16.6. The Labute approximate surface area is 171 Å². The second-order valence-corrected chi connectivity index (χ2v) is 7.56. The number of aliphatic hydroxyl groups excluding tert-OH is 1. The van der Waals surface area contributed by atoms with E-state index in [2.05, 4.69) is 5.48 Å². The second kappa shape index (κ2) is 10.6. The van der Waals surface area contributed by atoms with Gasteiger partial charge in [-0.05, 0) is 55.5 Å². The Kier molecular flexibility index (Phi) is 8.45. The zero-order valence-corrected chi connectivity index (χ0v) is 17.3. The van der Waals surface area contributed by atoms with Gasteiger partial charge in [0.1, 0.15) is 0 Å². The van der Waals surface area contributed by atoms with Gasteiger partial charge in [0.2, 0.25) is 5.91 Å². The van der Waals surface area contributed by atoms with Crippen LogP contribution in [-0.4, -0.2) is 23.9 Å². The number of hydrogen-bond acceptors (Lipinski definition) is 4. The van der Waals surface area contributed by atoms with Gasteiger partial charge in [-0.15, -0.1) is 0 Å². The van der Waals surface area contributed by atoms with Crippen LogP contribution in [0.3, 0.4) is 0 Å². The molecule has 2 N–H and O–H groups in total. The van der Waals surface area contributed by atoms with E-state index in [9.17, 15) is 9.90 Å². The first-order valence-electron chi connectivity index (χ1n) is 9.37. The molecule has 0 radical (unpaired) electrons. The largest absolute Gasteiger partial charge is 0.388 e. The van der Waals surface area contributed by atoms with Crippen LogP contribution < -0.4 is 5.48 Å². The summed E-state index contributed by atoms with van der Waals surface area (Å²) in [6.07, 6.45) is 1.79. The summed E-state index contributed by atoms with van der Waals surface area (Å²) in [6.45, 7) is 3.42. The van der Waals surface area contributed by atoms with Crippen LogP contribution >= 0.6 is 11.6 Å². The summed E-state index contributed by atoms with van der Waals surface area (Å²) in [7, 11) is 1.51. The van der Waals surface area contributed by atoms with E-state index < -0.39 is 11.9 Å². The van der Waals surface area contributed by atoms with Gasteiger partial charge in [-0.3, -0.25) is 4.79 Å². The van der Waals surface area contributed by atoms with E-state index in [-0.39, 0.29) is 5.91 Å². The van der Waals surface area contributed by atoms with Crippen LogP contribution in [-0.2, 0) is 14.4 Å². The van der Waals surface area contributed by atoms with Crippen LogP contribution in [0.4, 0.5) is 0 Å². The third-order valence-electron chi connectivity index (χ3n) is 4.51. The third kappa shape index (κ3) is 7.24. The molecule has 2 aromatic carbocycles. The molecule has 1 amide bonds. The zero-order chi connectivity index (χ0) is 20.6. The van der Waals surface area contributed by atoms with Gasteiger partial charge in [-0.2, -0.15) is 0 Å². The molecule has 6 heteroatoms. The maximum atomic E-state index is 11.8. The number of amides is 1. The highest BCUT2D eigenvalue weighted by Gasteiger charge is 2.18. The molecule has 0 saturated heterocycles. The fourth-order valence-corrected chi connectivity index (χ4v) is 2.73. The van der Waals surface area contributed by atoms with Crippen molar-refractivity contribution >= 4 is 17.5 Å². The molecule has 0 saturated carbocycles. The van der Waals surface area contributed by atoms with Crippen molar-refractivity contribution in [3.05, 3.63) is 59.1 Å².